The Kier molecular flexibility index (Phi) is 9.95. The molecular formula is C30H28Cl2FN3O3S. The van der Waals surface area contributed by atoms with Gasteiger partial charge in [-0.05, 0) is 46.8 Å². The van der Waals surface area contributed by atoms with E-state index < -0.39 is 23.9 Å². The zero-order valence-electron chi connectivity index (χ0n) is 21.4. The molecular weight excluding hydrogens is 572 g/mol. The Hall–Kier alpha value is -3.27. The third-order valence-corrected chi connectivity index (χ3v) is 7.69. The van der Waals surface area contributed by atoms with Gasteiger partial charge in [0.15, 0.2) is 0 Å². The lowest BCUT2D eigenvalue weighted by Gasteiger charge is -2.24. The zero-order chi connectivity index (χ0) is 27.4. The van der Waals surface area contributed by atoms with E-state index >= 15 is 0 Å². The molecule has 0 radical (unpaired) electrons. The summed E-state index contributed by atoms with van der Waals surface area (Å²) >= 11 is 7.97. The van der Waals surface area contributed by atoms with Gasteiger partial charge in [0.05, 0.1) is 18.7 Å². The Morgan fingerprint density at radius 1 is 1.07 bits per heavy atom. The lowest BCUT2D eigenvalue weighted by Crippen LogP contribution is -2.41. The van der Waals surface area contributed by atoms with Gasteiger partial charge in [-0.15, -0.1) is 23.7 Å². The van der Waals surface area contributed by atoms with Gasteiger partial charge in [0.1, 0.15) is 18.0 Å². The minimum Gasteiger partial charge on any atom is -0.355 e. The molecule has 0 spiro atoms. The van der Waals surface area contributed by atoms with E-state index in [9.17, 15) is 14.0 Å². The predicted molar refractivity (Wildman–Crippen MR) is 158 cm³/mol. The summed E-state index contributed by atoms with van der Waals surface area (Å²) in [6.45, 7) is 0.662. The number of nitrogens with two attached hydrogens (primary N) is 1. The van der Waals surface area contributed by atoms with Crippen molar-refractivity contribution in [1.82, 2.24) is 5.32 Å². The zero-order valence-corrected chi connectivity index (χ0v) is 23.8. The van der Waals surface area contributed by atoms with E-state index in [4.69, 9.17) is 22.1 Å². The van der Waals surface area contributed by atoms with Crippen LogP contribution in [0.25, 0.3) is 0 Å². The average Bonchev–Trinajstić information content (AvgIpc) is 3.43. The van der Waals surface area contributed by atoms with Crippen LogP contribution in [0, 0.1) is 5.82 Å². The van der Waals surface area contributed by atoms with Crippen molar-refractivity contribution >= 4 is 52.8 Å². The van der Waals surface area contributed by atoms with Crippen molar-refractivity contribution in [3.8, 4) is 0 Å². The molecule has 10 heteroatoms. The second-order valence-electron chi connectivity index (χ2n) is 9.23. The standard InChI is InChI=1S/C30H27ClFN3O3S.ClH/c31-22-10-11-26-24(14-22)29(20-7-3-5-19(13-20)16-33)38-27(30(37)35(26)18-23-8-4-12-39-23)15-28(36)34-17-21-6-1-2-9-25(21)32;/h1-14,27,29H,15-18,33H2,(H,34,36);1H. The molecule has 208 valence electrons. The van der Waals surface area contributed by atoms with Crippen LogP contribution in [0.2, 0.25) is 5.02 Å². The highest BCUT2D eigenvalue weighted by molar-refractivity contribution is 7.09. The van der Waals surface area contributed by atoms with Crippen LogP contribution in [0.4, 0.5) is 10.1 Å². The van der Waals surface area contributed by atoms with E-state index in [-0.39, 0.29) is 31.3 Å². The van der Waals surface area contributed by atoms with Gasteiger partial charge in [-0.1, -0.05) is 60.1 Å². The highest BCUT2D eigenvalue weighted by atomic mass is 35.5. The first-order valence-electron chi connectivity index (χ1n) is 12.5. The molecule has 3 N–H and O–H groups in total. The smallest absolute Gasteiger partial charge is 0.257 e. The van der Waals surface area contributed by atoms with Crippen molar-refractivity contribution < 1.29 is 18.7 Å². The number of amides is 2. The number of carbonyl (C=O) groups is 2. The van der Waals surface area contributed by atoms with Gasteiger partial charge in [0, 0.05) is 34.1 Å². The number of nitrogens with one attached hydrogen (secondary N) is 1. The summed E-state index contributed by atoms with van der Waals surface area (Å²) in [5.74, 6) is -1.18. The molecule has 1 aliphatic rings. The molecule has 0 aliphatic carbocycles. The number of fused-ring (bicyclic) bond motifs is 1. The van der Waals surface area contributed by atoms with Gasteiger partial charge in [-0.2, -0.15) is 0 Å². The normalized spacial score (nSPS) is 16.6. The van der Waals surface area contributed by atoms with Crippen LogP contribution in [0.1, 0.15) is 39.7 Å². The molecule has 4 aromatic rings. The van der Waals surface area contributed by atoms with Gasteiger partial charge in [-0.25, -0.2) is 4.39 Å². The van der Waals surface area contributed by atoms with Crippen LogP contribution in [0.5, 0.6) is 0 Å². The Balaban J connectivity index is 0.00000370. The summed E-state index contributed by atoms with van der Waals surface area (Å²) < 4.78 is 20.5. The Morgan fingerprint density at radius 3 is 2.65 bits per heavy atom. The molecule has 40 heavy (non-hydrogen) atoms. The van der Waals surface area contributed by atoms with Crippen molar-refractivity contribution in [1.29, 1.82) is 0 Å². The largest absolute Gasteiger partial charge is 0.355 e. The number of thiophene rings is 1. The van der Waals surface area contributed by atoms with E-state index in [1.165, 1.54) is 17.4 Å². The van der Waals surface area contributed by atoms with Crippen LogP contribution < -0.4 is 16.0 Å². The lowest BCUT2D eigenvalue weighted by molar-refractivity contribution is -0.138. The number of halogens is 3. The molecule has 0 saturated heterocycles. The van der Waals surface area contributed by atoms with Gasteiger partial charge in [0.2, 0.25) is 5.91 Å². The minimum atomic E-state index is -1.09. The second-order valence-corrected chi connectivity index (χ2v) is 10.7. The number of carbonyl (C=O) groups excluding carboxylic acids is 2. The van der Waals surface area contributed by atoms with Gasteiger partial charge < -0.3 is 20.7 Å². The Labute approximate surface area is 247 Å². The van der Waals surface area contributed by atoms with Crippen molar-refractivity contribution in [3.63, 3.8) is 0 Å². The number of rotatable bonds is 8. The first-order valence-corrected chi connectivity index (χ1v) is 13.8. The molecule has 6 nitrogen and oxygen atoms in total. The van der Waals surface area contributed by atoms with Crippen LogP contribution >= 0.6 is 35.3 Å². The van der Waals surface area contributed by atoms with Crippen LogP contribution in [0.15, 0.2) is 84.2 Å². The molecule has 2 amide bonds. The van der Waals surface area contributed by atoms with Crippen molar-refractivity contribution in [3.05, 3.63) is 122 Å². The number of ether oxygens (including phenoxy) is 1. The second kappa shape index (κ2) is 13.4. The lowest BCUT2D eigenvalue weighted by atomic mass is 9.97. The van der Waals surface area contributed by atoms with Crippen molar-refractivity contribution in [2.75, 3.05) is 4.90 Å². The number of hydrogen-bond donors (Lipinski definition) is 2. The molecule has 2 unspecified atom stereocenters. The van der Waals surface area contributed by atoms with Crippen LogP contribution in [-0.4, -0.2) is 17.9 Å². The number of benzene rings is 3. The first kappa shape index (κ1) is 29.7. The van der Waals surface area contributed by atoms with Crippen molar-refractivity contribution in [2.45, 2.75) is 38.3 Å². The minimum absolute atomic E-state index is 0. The summed E-state index contributed by atoms with van der Waals surface area (Å²) in [5.41, 5.74) is 9.34. The fourth-order valence-corrected chi connectivity index (χ4v) is 5.52. The predicted octanol–water partition coefficient (Wildman–Crippen LogP) is 6.15. The summed E-state index contributed by atoms with van der Waals surface area (Å²) in [6, 6.07) is 23.1. The highest BCUT2D eigenvalue weighted by Gasteiger charge is 2.38. The Bertz CT molecular complexity index is 1480. The van der Waals surface area contributed by atoms with Gasteiger partial charge in [-0.3, -0.25) is 9.59 Å². The average molecular weight is 601 g/mol. The summed E-state index contributed by atoms with van der Waals surface area (Å²) in [4.78, 5) is 29.7. The fourth-order valence-electron chi connectivity index (χ4n) is 4.64. The monoisotopic (exact) mass is 599 g/mol. The molecule has 2 heterocycles. The maximum Gasteiger partial charge on any atom is 0.257 e. The third kappa shape index (κ3) is 6.71. The SMILES string of the molecule is Cl.NCc1cccc(C2OC(CC(=O)NCc3ccccc3F)C(=O)N(Cc3cccs3)c3ccc(Cl)cc32)c1. The van der Waals surface area contributed by atoms with E-state index in [1.807, 2.05) is 47.8 Å². The molecule has 0 saturated carbocycles. The fraction of sp³-hybridized carbons (Fsp3) is 0.200. The topological polar surface area (TPSA) is 84.7 Å². The molecule has 5 rings (SSSR count). The summed E-state index contributed by atoms with van der Waals surface area (Å²) in [7, 11) is 0. The molecule has 0 fully saturated rings. The van der Waals surface area contributed by atoms with E-state index in [2.05, 4.69) is 5.32 Å². The number of hydrogen-bond acceptors (Lipinski definition) is 5. The maximum atomic E-state index is 14.1. The first-order chi connectivity index (χ1) is 18.9. The molecule has 2 atom stereocenters. The number of nitrogens with zero attached hydrogens (tertiary/aromatic N) is 1. The number of anilines is 1. The van der Waals surface area contributed by atoms with Crippen LogP contribution in [0.3, 0.4) is 0 Å². The summed E-state index contributed by atoms with van der Waals surface area (Å²) in [5, 5.41) is 5.18. The molecule has 1 aliphatic heterocycles. The highest BCUT2D eigenvalue weighted by Crippen LogP contribution is 2.41. The maximum absolute atomic E-state index is 14.1. The van der Waals surface area contributed by atoms with Crippen LogP contribution in [-0.2, 0) is 34.0 Å². The van der Waals surface area contributed by atoms with Gasteiger partial charge in [0.25, 0.3) is 5.91 Å². The van der Waals surface area contributed by atoms with Crippen molar-refractivity contribution in [2.24, 2.45) is 5.73 Å². The summed E-state index contributed by atoms with van der Waals surface area (Å²) in [6.07, 6.45) is -2.00. The Morgan fingerprint density at radius 2 is 1.90 bits per heavy atom. The quantitative estimate of drug-likeness (QED) is 0.254. The molecule has 3 aromatic carbocycles. The van der Waals surface area contributed by atoms with E-state index in [0.29, 0.717) is 29.4 Å². The third-order valence-electron chi connectivity index (χ3n) is 6.59. The van der Waals surface area contributed by atoms with Gasteiger partial charge >= 0.3 is 0 Å². The molecule has 0 bridgehead atoms. The molecule has 1 aromatic heterocycles. The van der Waals surface area contributed by atoms with E-state index in [0.717, 1.165) is 21.6 Å². The van der Waals surface area contributed by atoms with E-state index in [1.54, 1.807) is 35.2 Å².